The third-order valence-corrected chi connectivity index (χ3v) is 7.30. The van der Waals surface area contributed by atoms with Crippen molar-refractivity contribution in [2.45, 2.75) is 26.7 Å². The molecule has 0 aliphatic heterocycles. The minimum atomic E-state index is 0. The normalized spacial score (nSPS) is 11.4. The summed E-state index contributed by atoms with van der Waals surface area (Å²) in [6.45, 7) is 4.25. The summed E-state index contributed by atoms with van der Waals surface area (Å²) in [6, 6.07) is 35.6. The first-order chi connectivity index (χ1) is 16.6. The summed E-state index contributed by atoms with van der Waals surface area (Å²) in [5.41, 5.74) is 10.8. The first kappa shape index (κ1) is 29.9. The number of hydrogen-bond acceptors (Lipinski definition) is 0. The average molecular weight is 587 g/mol. The maximum absolute atomic E-state index is 3.30. The van der Waals surface area contributed by atoms with Crippen LogP contribution in [-0.4, -0.2) is 3.21 Å². The second-order valence-electron chi connectivity index (χ2n) is 8.51. The van der Waals surface area contributed by atoms with E-state index in [0.29, 0.717) is 0 Å². The minimum absolute atomic E-state index is 0. The van der Waals surface area contributed by atoms with Gasteiger partial charge in [-0.05, 0) is 6.42 Å². The molecule has 0 N–H and O–H groups in total. The summed E-state index contributed by atoms with van der Waals surface area (Å²) in [6.07, 6.45) is 11.0. The molecule has 6 rings (SSSR count). The third-order valence-electron chi connectivity index (χ3n) is 5.88. The number of aryl methyl sites for hydroxylation is 2. The average Bonchev–Trinajstić information content (AvgIpc) is 3.57. The minimum Gasteiger partial charge on any atom is -1.00 e. The van der Waals surface area contributed by atoms with E-state index in [-0.39, 0.29) is 24.8 Å². The Morgan fingerprint density at radius 3 is 1.83 bits per heavy atom. The molecule has 0 atom stereocenters. The number of hydrogen-bond donors (Lipinski definition) is 0. The molecule has 2 aliphatic rings. The molecule has 0 fully saturated rings. The number of rotatable bonds is 2. The van der Waals surface area contributed by atoms with E-state index in [4.69, 9.17) is 0 Å². The standard InChI is InChI=1S/C15H14.C13H9.C5H5.2ClH.Zr/c1-12-3-7-14(8-4-12)11-15-9-5-13(2)6-10-15;1-3-7-12-10(5-1)9-11-6-2-4-8-13(11)12;1-2-4-5-3-1;;;/h3-10H,1-2H3;1-5,7-8H,9H2;1-3H,4H2;2*1H;/q;2*-1;;;+2/p-2. The van der Waals surface area contributed by atoms with Gasteiger partial charge in [0.2, 0.25) is 0 Å². The summed E-state index contributed by atoms with van der Waals surface area (Å²) >= 11 is 1.46. The molecule has 0 radical (unpaired) electrons. The Morgan fingerprint density at radius 2 is 1.31 bits per heavy atom. The van der Waals surface area contributed by atoms with Gasteiger partial charge in [-0.1, -0.05) is 35.4 Å². The van der Waals surface area contributed by atoms with Crippen molar-refractivity contribution in [3.63, 3.8) is 0 Å². The predicted molar refractivity (Wildman–Crippen MR) is 141 cm³/mol. The molecular weight excluding hydrogens is 558 g/mol. The number of halogens is 2. The van der Waals surface area contributed by atoms with Gasteiger partial charge in [-0.25, -0.2) is 12.2 Å². The molecular formula is C33H28Cl2Zr-2. The van der Waals surface area contributed by atoms with Crippen LogP contribution >= 0.6 is 0 Å². The van der Waals surface area contributed by atoms with Crippen molar-refractivity contribution in [2.75, 3.05) is 0 Å². The maximum atomic E-state index is 3.30. The molecule has 0 aromatic heterocycles. The van der Waals surface area contributed by atoms with E-state index < -0.39 is 0 Å². The zero-order valence-corrected chi connectivity index (χ0v) is 24.5. The molecule has 0 nitrogen and oxygen atoms in total. The van der Waals surface area contributed by atoms with Gasteiger partial charge in [0.05, 0.1) is 0 Å². The zero-order chi connectivity index (χ0) is 23.8. The van der Waals surface area contributed by atoms with E-state index in [1.807, 2.05) is 18.2 Å². The molecule has 2 aliphatic carbocycles. The molecule has 0 spiro atoms. The molecule has 4 aromatic carbocycles. The topological polar surface area (TPSA) is 0 Å². The fraction of sp³-hybridized carbons (Fsp3) is 0.121. The fourth-order valence-corrected chi connectivity index (χ4v) is 4.76. The van der Waals surface area contributed by atoms with Crippen LogP contribution in [0.3, 0.4) is 0 Å². The monoisotopic (exact) mass is 584 g/mol. The largest absolute Gasteiger partial charge is 1.00 e. The van der Waals surface area contributed by atoms with Gasteiger partial charge in [-0.15, -0.1) is 12.0 Å². The summed E-state index contributed by atoms with van der Waals surface area (Å²) in [7, 11) is 0. The smallest absolute Gasteiger partial charge is 0.0253 e. The van der Waals surface area contributed by atoms with E-state index in [0.717, 1.165) is 12.8 Å². The van der Waals surface area contributed by atoms with Crippen LogP contribution in [0.25, 0.3) is 11.1 Å². The Kier molecular flexibility index (Phi) is 12.5. The van der Waals surface area contributed by atoms with Crippen LogP contribution in [0.2, 0.25) is 0 Å². The molecule has 0 bridgehead atoms. The van der Waals surface area contributed by atoms with Crippen molar-refractivity contribution in [3.05, 3.63) is 155 Å². The van der Waals surface area contributed by atoms with Crippen LogP contribution < -0.4 is 24.8 Å². The van der Waals surface area contributed by atoms with Gasteiger partial charge in [0.15, 0.2) is 0 Å². The van der Waals surface area contributed by atoms with Crippen molar-refractivity contribution in [1.82, 2.24) is 0 Å². The first-order valence-corrected chi connectivity index (χ1v) is 12.9. The third kappa shape index (κ3) is 8.11. The van der Waals surface area contributed by atoms with E-state index in [9.17, 15) is 0 Å². The van der Waals surface area contributed by atoms with Gasteiger partial charge in [-0.3, -0.25) is 6.08 Å². The van der Waals surface area contributed by atoms with Crippen molar-refractivity contribution in [3.8, 4) is 11.1 Å². The van der Waals surface area contributed by atoms with E-state index >= 15 is 0 Å². The van der Waals surface area contributed by atoms with Crippen LogP contribution in [0, 0.1) is 26.0 Å². The van der Waals surface area contributed by atoms with Gasteiger partial charge < -0.3 is 24.8 Å². The second kappa shape index (κ2) is 15.1. The fourth-order valence-electron chi connectivity index (χ4n) is 3.94. The Labute approximate surface area is 243 Å². The molecule has 0 unspecified atom stereocenters. The predicted octanol–water partition coefficient (Wildman–Crippen LogP) is 1.79. The van der Waals surface area contributed by atoms with Crippen LogP contribution in [0.4, 0.5) is 0 Å². The van der Waals surface area contributed by atoms with Crippen LogP contribution in [0.1, 0.15) is 39.8 Å². The van der Waals surface area contributed by atoms with E-state index in [1.165, 1.54) is 71.9 Å². The second-order valence-corrected chi connectivity index (χ2v) is 9.74. The first-order valence-electron chi connectivity index (χ1n) is 11.6. The van der Waals surface area contributed by atoms with Gasteiger partial charge in [0, 0.05) is 0 Å². The van der Waals surface area contributed by atoms with E-state index in [1.54, 1.807) is 0 Å². The van der Waals surface area contributed by atoms with Crippen molar-refractivity contribution in [2.24, 2.45) is 0 Å². The zero-order valence-electron chi connectivity index (χ0n) is 20.6. The Bertz CT molecular complexity index is 1220. The molecule has 0 heterocycles. The van der Waals surface area contributed by atoms with Crippen LogP contribution in [-0.2, 0) is 30.7 Å². The number of fused-ring (bicyclic) bond motifs is 3. The Hall–Kier alpha value is -2.31. The molecule has 36 heavy (non-hydrogen) atoms. The van der Waals surface area contributed by atoms with Crippen molar-refractivity contribution in [1.29, 1.82) is 0 Å². The van der Waals surface area contributed by atoms with E-state index in [2.05, 4.69) is 117 Å². The summed E-state index contributed by atoms with van der Waals surface area (Å²) in [4.78, 5) is 0. The van der Waals surface area contributed by atoms with Gasteiger partial charge in [-0.2, -0.15) is 35.9 Å². The number of benzene rings is 4. The van der Waals surface area contributed by atoms with Gasteiger partial charge >= 0.3 is 112 Å². The molecule has 0 saturated heterocycles. The Morgan fingerprint density at radius 1 is 0.722 bits per heavy atom. The Balaban J connectivity index is 0.000000205. The SMILES string of the molecule is Cc1ccc([C](=[Zr+2])c2ccc(C)cc2)cc1.[C-]1=CC=CC1.[Cl-].[Cl-].[c-]1cccc2c1Cc1ccccc1-2. The summed E-state index contributed by atoms with van der Waals surface area (Å²) < 4.78 is 1.42. The van der Waals surface area contributed by atoms with Crippen molar-refractivity contribution >= 4 is 3.21 Å². The van der Waals surface area contributed by atoms with Gasteiger partial charge in [0.25, 0.3) is 0 Å². The van der Waals surface area contributed by atoms with Crippen molar-refractivity contribution < 1.29 is 49.0 Å². The molecule has 3 heteroatoms. The quantitative estimate of drug-likeness (QED) is 0.277. The maximum Gasteiger partial charge on any atom is -0.0253 e. The molecule has 180 valence electrons. The number of allylic oxidation sites excluding steroid dienone is 4. The molecule has 4 aromatic rings. The van der Waals surface area contributed by atoms with Gasteiger partial charge in [0.1, 0.15) is 0 Å². The summed E-state index contributed by atoms with van der Waals surface area (Å²) in [5.74, 6) is 0. The van der Waals surface area contributed by atoms with Crippen LogP contribution in [0.15, 0.2) is 109 Å². The molecule has 0 saturated carbocycles. The van der Waals surface area contributed by atoms with Crippen LogP contribution in [0.5, 0.6) is 0 Å². The molecule has 0 amide bonds. The summed E-state index contributed by atoms with van der Waals surface area (Å²) in [5, 5.41) is 0.